The second-order valence-corrected chi connectivity index (χ2v) is 9.89. The Labute approximate surface area is 218 Å². The molecule has 4 aromatic carbocycles. The second-order valence-electron chi connectivity index (χ2n) is 9.89. The van der Waals surface area contributed by atoms with E-state index in [0.29, 0.717) is 28.6 Å². The summed E-state index contributed by atoms with van der Waals surface area (Å²) in [6.07, 6.45) is 0.625. The lowest BCUT2D eigenvalue weighted by atomic mass is 9.96. The normalized spacial score (nSPS) is 14.4. The average molecular weight is 508 g/mol. The van der Waals surface area contributed by atoms with Gasteiger partial charge in [0.1, 0.15) is 23.7 Å². The van der Waals surface area contributed by atoms with E-state index < -0.39 is 5.82 Å². The highest BCUT2D eigenvalue weighted by Crippen LogP contribution is 2.29. The van der Waals surface area contributed by atoms with Crippen LogP contribution in [0.3, 0.4) is 0 Å². The summed E-state index contributed by atoms with van der Waals surface area (Å²) in [5, 5.41) is 10.8. The van der Waals surface area contributed by atoms with Gasteiger partial charge in [0.25, 0.3) is 0 Å². The van der Waals surface area contributed by atoms with Crippen LogP contribution in [0.25, 0.3) is 21.7 Å². The Kier molecular flexibility index (Phi) is 5.97. The Morgan fingerprint density at radius 2 is 1.61 bits per heavy atom. The predicted molar refractivity (Wildman–Crippen MR) is 143 cm³/mol. The molecule has 5 nitrogen and oxygen atoms in total. The molecule has 1 aromatic heterocycles. The highest BCUT2D eigenvalue weighted by molar-refractivity contribution is 6.08. The molecule has 6 rings (SSSR count). The lowest BCUT2D eigenvalue weighted by molar-refractivity contribution is -0.480. The minimum atomic E-state index is -0.424. The van der Waals surface area contributed by atoms with Gasteiger partial charge in [-0.25, -0.2) is 13.6 Å². The van der Waals surface area contributed by atoms with Gasteiger partial charge in [-0.1, -0.05) is 30.3 Å². The zero-order valence-electron chi connectivity index (χ0n) is 20.8. The molecule has 0 amide bonds. The number of nitriles is 1. The number of nitrogens with zero attached hydrogens (tertiary/aromatic N) is 4. The summed E-state index contributed by atoms with van der Waals surface area (Å²) in [5.41, 5.74) is 4.56. The van der Waals surface area contributed by atoms with Crippen LogP contribution in [0, 0.1) is 29.7 Å². The molecule has 1 saturated heterocycles. The van der Waals surface area contributed by atoms with Crippen molar-refractivity contribution in [2.75, 3.05) is 31.1 Å². The van der Waals surface area contributed by atoms with Crippen LogP contribution in [0.1, 0.15) is 22.3 Å². The van der Waals surface area contributed by atoms with Gasteiger partial charge in [-0.2, -0.15) is 5.26 Å². The van der Waals surface area contributed by atoms with Crippen LogP contribution in [0.2, 0.25) is 0 Å². The molecule has 0 saturated carbocycles. The number of rotatable bonds is 5. The Morgan fingerprint density at radius 1 is 0.895 bits per heavy atom. The van der Waals surface area contributed by atoms with Gasteiger partial charge in [0.05, 0.1) is 22.7 Å². The van der Waals surface area contributed by atoms with Crippen LogP contribution >= 0.6 is 0 Å². The van der Waals surface area contributed by atoms with Crippen molar-refractivity contribution >= 4 is 27.4 Å². The first kappa shape index (κ1) is 24.0. The number of hydrogen-bond acceptors (Lipinski definition) is 4. The van der Waals surface area contributed by atoms with Crippen molar-refractivity contribution in [2.24, 2.45) is 0 Å². The SMILES string of the molecule is C=[n+]1c(=O)c2cc(F)cc3c(Cc4ccc(CN5CCN(c6ccc(C#N)cc6F)CC5)cc4)ccc1c32. The standard InChI is InChI=1S/C31H25F2N4O/c1-35-29-9-7-23(25-16-24(32)17-26(30(25)29)31(35)38)14-20-2-4-21(5-3-20)19-36-10-12-37(13-11-36)28-8-6-22(18-34)15-27(28)33/h2-9,15-17H,1,10-14,19H2/q+1. The van der Waals surface area contributed by atoms with Crippen LogP contribution in [0.5, 0.6) is 0 Å². The monoisotopic (exact) mass is 507 g/mol. The molecule has 0 spiro atoms. The first-order chi connectivity index (χ1) is 18.4. The summed E-state index contributed by atoms with van der Waals surface area (Å²) in [7, 11) is 0. The summed E-state index contributed by atoms with van der Waals surface area (Å²) in [5.74, 6) is -0.779. The van der Waals surface area contributed by atoms with Gasteiger partial charge in [-0.15, -0.1) is 4.24 Å². The van der Waals surface area contributed by atoms with E-state index in [-0.39, 0.29) is 11.4 Å². The number of hydrogen-bond donors (Lipinski definition) is 0. The summed E-state index contributed by atoms with van der Waals surface area (Å²) in [6.45, 7) is 7.69. The fourth-order valence-corrected chi connectivity index (χ4v) is 5.51. The van der Waals surface area contributed by atoms with Crippen molar-refractivity contribution in [3.8, 4) is 6.07 Å². The van der Waals surface area contributed by atoms with Crippen LogP contribution in [0.15, 0.2) is 71.5 Å². The zero-order valence-corrected chi connectivity index (χ0v) is 20.8. The van der Waals surface area contributed by atoms with Crippen molar-refractivity contribution in [1.82, 2.24) is 4.90 Å². The molecular formula is C31H25F2N4O+. The average Bonchev–Trinajstić information content (AvgIpc) is 3.17. The maximum Gasteiger partial charge on any atom is 0.425 e. The van der Waals surface area contributed by atoms with Gasteiger partial charge >= 0.3 is 5.56 Å². The molecule has 188 valence electrons. The summed E-state index contributed by atoms with van der Waals surface area (Å²) >= 11 is 0. The van der Waals surface area contributed by atoms with Gasteiger partial charge < -0.3 is 4.90 Å². The van der Waals surface area contributed by atoms with Crippen molar-refractivity contribution in [2.45, 2.75) is 13.0 Å². The molecule has 7 heteroatoms. The van der Waals surface area contributed by atoms with Gasteiger partial charge in [0, 0.05) is 38.8 Å². The van der Waals surface area contributed by atoms with Gasteiger partial charge in [0.15, 0.2) is 0 Å². The van der Waals surface area contributed by atoms with Crippen LogP contribution in [-0.2, 0) is 13.0 Å². The highest BCUT2D eigenvalue weighted by Gasteiger charge is 2.22. The number of benzene rings is 4. The Hall–Kier alpha value is -4.41. The first-order valence-corrected chi connectivity index (χ1v) is 12.6. The number of aromatic nitrogens is 1. The smallest absolute Gasteiger partial charge is 0.367 e. The summed E-state index contributed by atoms with van der Waals surface area (Å²) < 4.78 is 30.1. The van der Waals surface area contributed by atoms with E-state index in [4.69, 9.17) is 5.26 Å². The van der Waals surface area contributed by atoms with Crippen molar-refractivity contribution in [3.05, 3.63) is 118 Å². The van der Waals surface area contributed by atoms with Crippen LogP contribution in [0.4, 0.5) is 14.5 Å². The molecular weight excluding hydrogens is 482 g/mol. The molecule has 1 fully saturated rings. The molecule has 0 unspecified atom stereocenters. The largest absolute Gasteiger partial charge is 0.425 e. The Balaban J connectivity index is 1.13. The molecule has 1 aliphatic rings. The minimum Gasteiger partial charge on any atom is -0.367 e. The third-order valence-electron chi connectivity index (χ3n) is 7.53. The maximum absolute atomic E-state index is 14.4. The molecule has 38 heavy (non-hydrogen) atoms. The molecule has 0 aliphatic carbocycles. The van der Waals surface area contributed by atoms with E-state index in [1.54, 1.807) is 12.1 Å². The molecule has 0 N–H and O–H groups in total. The molecule has 1 aliphatic heterocycles. The van der Waals surface area contributed by atoms with Crippen LogP contribution < -0.4 is 14.7 Å². The minimum absolute atomic E-state index is 0.283. The Bertz CT molecular complexity index is 1810. The first-order valence-electron chi connectivity index (χ1n) is 12.6. The highest BCUT2D eigenvalue weighted by atomic mass is 19.1. The summed E-state index contributed by atoms with van der Waals surface area (Å²) in [4.78, 5) is 16.9. The number of anilines is 1. The van der Waals surface area contributed by atoms with Gasteiger partial charge in [-0.3, -0.25) is 4.90 Å². The van der Waals surface area contributed by atoms with Crippen LogP contribution in [-0.4, -0.2) is 31.1 Å². The lowest BCUT2D eigenvalue weighted by Gasteiger charge is -2.36. The number of piperazine rings is 1. The third kappa shape index (κ3) is 4.23. The molecule has 0 atom stereocenters. The van der Waals surface area contributed by atoms with E-state index in [2.05, 4.69) is 35.9 Å². The van der Waals surface area contributed by atoms with E-state index in [1.807, 2.05) is 23.1 Å². The third-order valence-corrected chi connectivity index (χ3v) is 7.53. The molecule has 0 radical (unpaired) electrons. The van der Waals surface area contributed by atoms with E-state index >= 15 is 0 Å². The summed E-state index contributed by atoms with van der Waals surface area (Å²) in [6, 6.07) is 21.6. The fourth-order valence-electron chi connectivity index (χ4n) is 5.51. The van der Waals surface area contributed by atoms with E-state index in [1.165, 1.54) is 28.0 Å². The lowest BCUT2D eigenvalue weighted by Crippen LogP contribution is -2.46. The molecule has 5 aromatic rings. The fraction of sp³-hybridized carbons (Fsp3) is 0.194. The van der Waals surface area contributed by atoms with Crippen molar-refractivity contribution in [3.63, 3.8) is 0 Å². The predicted octanol–water partition coefficient (Wildman–Crippen LogP) is 4.50. The second kappa shape index (κ2) is 9.47. The van der Waals surface area contributed by atoms with Crippen molar-refractivity contribution < 1.29 is 13.0 Å². The van der Waals surface area contributed by atoms with E-state index in [0.717, 1.165) is 54.6 Å². The quantitative estimate of drug-likeness (QED) is 0.329. The Morgan fingerprint density at radius 3 is 2.32 bits per heavy atom. The zero-order chi connectivity index (χ0) is 26.4. The topological polar surface area (TPSA) is 53.2 Å². The molecule has 0 bridgehead atoms. The van der Waals surface area contributed by atoms with Gasteiger partial charge in [-0.05, 0) is 58.8 Å². The van der Waals surface area contributed by atoms with Crippen molar-refractivity contribution in [1.29, 1.82) is 5.26 Å². The van der Waals surface area contributed by atoms with Gasteiger partial charge in [0.2, 0.25) is 5.52 Å². The maximum atomic E-state index is 14.4. The molecule has 2 heterocycles. The van der Waals surface area contributed by atoms with E-state index in [9.17, 15) is 13.6 Å². The number of halogens is 2.